The number of rotatable bonds is 2. The van der Waals surface area contributed by atoms with E-state index in [9.17, 15) is 12.8 Å². The molecule has 1 aliphatic heterocycles. The van der Waals surface area contributed by atoms with Gasteiger partial charge >= 0.3 is 0 Å². The van der Waals surface area contributed by atoms with Crippen LogP contribution in [-0.4, -0.2) is 25.5 Å². The van der Waals surface area contributed by atoms with E-state index in [-0.39, 0.29) is 28.9 Å². The topological polar surface area (TPSA) is 46.2 Å². The Hall–Kier alpha value is -0.940. The van der Waals surface area contributed by atoms with Gasteiger partial charge in [-0.1, -0.05) is 12.1 Å². The van der Waals surface area contributed by atoms with Crippen molar-refractivity contribution < 1.29 is 12.8 Å². The lowest BCUT2D eigenvalue weighted by Crippen LogP contribution is -2.44. The average molecular weight is 283 g/mol. The molecule has 2 aliphatic rings. The van der Waals surface area contributed by atoms with Gasteiger partial charge < -0.3 is 5.32 Å². The van der Waals surface area contributed by atoms with Crippen molar-refractivity contribution in [1.29, 1.82) is 0 Å². The summed E-state index contributed by atoms with van der Waals surface area (Å²) in [7, 11) is -2.92. The van der Waals surface area contributed by atoms with Gasteiger partial charge in [0, 0.05) is 11.6 Å². The lowest BCUT2D eigenvalue weighted by Gasteiger charge is -2.29. The monoisotopic (exact) mass is 283 g/mol. The maximum Gasteiger partial charge on any atom is 0.152 e. The van der Waals surface area contributed by atoms with E-state index in [0.717, 1.165) is 24.0 Å². The van der Waals surface area contributed by atoms with Crippen molar-refractivity contribution in [3.8, 4) is 0 Å². The van der Waals surface area contributed by atoms with Crippen molar-refractivity contribution in [3.63, 3.8) is 0 Å². The SMILES string of the molecule is CC1(NC2CCc3c(F)cccc32)CCS(=O)(=O)C1. The van der Waals surface area contributed by atoms with Crippen molar-refractivity contribution in [1.82, 2.24) is 5.32 Å². The second-order valence-corrected chi connectivity index (χ2v) is 8.13. The molecule has 3 rings (SSSR count). The van der Waals surface area contributed by atoms with Crippen LogP contribution in [0.25, 0.3) is 0 Å². The summed E-state index contributed by atoms with van der Waals surface area (Å²) in [5.74, 6) is 0.284. The Balaban J connectivity index is 1.82. The van der Waals surface area contributed by atoms with E-state index in [4.69, 9.17) is 0 Å². The van der Waals surface area contributed by atoms with Crippen molar-refractivity contribution >= 4 is 9.84 Å². The lowest BCUT2D eigenvalue weighted by atomic mass is 9.98. The van der Waals surface area contributed by atoms with Gasteiger partial charge in [0.05, 0.1) is 11.5 Å². The highest BCUT2D eigenvalue weighted by Crippen LogP contribution is 2.36. The maximum absolute atomic E-state index is 13.7. The van der Waals surface area contributed by atoms with Crippen molar-refractivity contribution in [3.05, 3.63) is 35.1 Å². The van der Waals surface area contributed by atoms with Crippen molar-refractivity contribution in [2.24, 2.45) is 0 Å². The predicted molar refractivity (Wildman–Crippen MR) is 72.3 cm³/mol. The minimum absolute atomic E-state index is 0.0731. The summed E-state index contributed by atoms with van der Waals surface area (Å²) >= 11 is 0. The van der Waals surface area contributed by atoms with Crippen LogP contribution < -0.4 is 5.32 Å². The first-order valence-electron chi connectivity index (χ1n) is 6.64. The maximum atomic E-state index is 13.7. The quantitative estimate of drug-likeness (QED) is 0.903. The molecule has 1 saturated heterocycles. The molecule has 0 radical (unpaired) electrons. The molecule has 1 fully saturated rings. The van der Waals surface area contributed by atoms with Crippen molar-refractivity contribution in [2.45, 2.75) is 37.8 Å². The van der Waals surface area contributed by atoms with Crippen LogP contribution in [0.5, 0.6) is 0 Å². The molecule has 1 aromatic carbocycles. The highest BCUT2D eigenvalue weighted by molar-refractivity contribution is 7.91. The van der Waals surface area contributed by atoms with Gasteiger partial charge in [-0.15, -0.1) is 0 Å². The normalized spacial score (nSPS) is 32.4. The molecule has 0 saturated carbocycles. The Morgan fingerprint density at radius 2 is 2.21 bits per heavy atom. The van der Waals surface area contributed by atoms with E-state index in [1.54, 1.807) is 6.07 Å². The molecule has 0 aromatic heterocycles. The number of benzene rings is 1. The van der Waals surface area contributed by atoms with Crippen molar-refractivity contribution in [2.75, 3.05) is 11.5 Å². The summed E-state index contributed by atoms with van der Waals surface area (Å²) < 4.78 is 36.9. The van der Waals surface area contributed by atoms with E-state index >= 15 is 0 Å². The van der Waals surface area contributed by atoms with Crippen LogP contribution in [0, 0.1) is 5.82 Å². The van der Waals surface area contributed by atoms with Gasteiger partial charge in [0.1, 0.15) is 5.82 Å². The standard InChI is InChI=1S/C14H18FNO2S/c1-14(7-8-19(17,18)9-14)16-13-6-5-10-11(13)3-2-4-12(10)15/h2-4,13,16H,5-9H2,1H3. The highest BCUT2D eigenvalue weighted by atomic mass is 32.2. The van der Waals surface area contributed by atoms with Gasteiger partial charge in [0.15, 0.2) is 9.84 Å². The summed E-state index contributed by atoms with van der Waals surface area (Å²) in [6.07, 6.45) is 2.20. The van der Waals surface area contributed by atoms with Gasteiger partial charge in [-0.05, 0) is 43.4 Å². The zero-order chi connectivity index (χ0) is 13.7. The third kappa shape index (κ3) is 2.41. The molecular weight excluding hydrogens is 265 g/mol. The smallest absolute Gasteiger partial charge is 0.152 e. The fourth-order valence-corrected chi connectivity index (χ4v) is 5.41. The van der Waals surface area contributed by atoms with Gasteiger partial charge in [-0.2, -0.15) is 0 Å². The van der Waals surface area contributed by atoms with E-state index in [1.807, 2.05) is 13.0 Å². The number of sulfone groups is 1. The largest absolute Gasteiger partial charge is 0.304 e. The number of hydrogen-bond acceptors (Lipinski definition) is 3. The van der Waals surface area contributed by atoms with Crippen LogP contribution in [0.2, 0.25) is 0 Å². The zero-order valence-corrected chi connectivity index (χ0v) is 11.8. The number of fused-ring (bicyclic) bond motifs is 1. The van der Waals surface area contributed by atoms with Crippen LogP contribution in [0.1, 0.15) is 36.9 Å². The molecule has 0 spiro atoms. The number of halogens is 1. The predicted octanol–water partition coefficient (Wildman–Crippen LogP) is 1.98. The summed E-state index contributed by atoms with van der Waals surface area (Å²) in [4.78, 5) is 0. The van der Waals surface area contributed by atoms with E-state index < -0.39 is 9.84 Å². The molecule has 1 N–H and O–H groups in total. The molecule has 0 amide bonds. The Labute approximate surface area is 113 Å². The van der Waals surface area contributed by atoms with Gasteiger partial charge in [0.25, 0.3) is 0 Å². The summed E-state index contributed by atoms with van der Waals surface area (Å²) in [5, 5.41) is 3.45. The summed E-state index contributed by atoms with van der Waals surface area (Å²) in [5.41, 5.74) is 1.40. The third-order valence-corrected chi connectivity index (χ3v) is 6.14. The van der Waals surface area contributed by atoms with Crippen LogP contribution in [-0.2, 0) is 16.3 Å². The Morgan fingerprint density at radius 3 is 2.89 bits per heavy atom. The zero-order valence-electron chi connectivity index (χ0n) is 10.9. The molecule has 3 nitrogen and oxygen atoms in total. The fraction of sp³-hybridized carbons (Fsp3) is 0.571. The molecule has 104 valence electrons. The van der Waals surface area contributed by atoms with Gasteiger partial charge in [-0.25, -0.2) is 12.8 Å². The molecule has 2 unspecified atom stereocenters. The molecular formula is C14H18FNO2S. The van der Waals surface area contributed by atoms with Gasteiger partial charge in [0.2, 0.25) is 0 Å². The van der Waals surface area contributed by atoms with Crippen LogP contribution in [0.4, 0.5) is 4.39 Å². The first kappa shape index (κ1) is 13.1. The van der Waals surface area contributed by atoms with E-state index in [0.29, 0.717) is 6.42 Å². The Bertz CT molecular complexity index is 614. The van der Waals surface area contributed by atoms with Crippen LogP contribution >= 0.6 is 0 Å². The second-order valence-electron chi connectivity index (χ2n) is 5.95. The third-order valence-electron chi connectivity index (χ3n) is 4.24. The minimum atomic E-state index is -2.92. The molecule has 1 aliphatic carbocycles. The molecule has 1 heterocycles. The number of nitrogens with one attached hydrogen (secondary N) is 1. The van der Waals surface area contributed by atoms with Crippen LogP contribution in [0.3, 0.4) is 0 Å². The number of hydrogen-bond donors (Lipinski definition) is 1. The molecule has 19 heavy (non-hydrogen) atoms. The second kappa shape index (κ2) is 4.28. The first-order chi connectivity index (χ1) is 8.89. The summed E-state index contributed by atoms with van der Waals surface area (Å²) in [6.45, 7) is 1.95. The summed E-state index contributed by atoms with van der Waals surface area (Å²) in [6, 6.07) is 5.23. The Morgan fingerprint density at radius 1 is 1.42 bits per heavy atom. The molecule has 2 atom stereocenters. The van der Waals surface area contributed by atoms with Crippen LogP contribution in [0.15, 0.2) is 18.2 Å². The lowest BCUT2D eigenvalue weighted by molar-refractivity contribution is 0.341. The molecule has 5 heteroatoms. The first-order valence-corrected chi connectivity index (χ1v) is 8.46. The van der Waals surface area contributed by atoms with E-state index in [1.165, 1.54) is 6.07 Å². The highest BCUT2D eigenvalue weighted by Gasteiger charge is 2.40. The van der Waals surface area contributed by atoms with Gasteiger partial charge in [-0.3, -0.25) is 0 Å². The van der Waals surface area contributed by atoms with E-state index in [2.05, 4.69) is 5.32 Å². The molecule has 1 aromatic rings. The minimum Gasteiger partial charge on any atom is -0.304 e. The molecule has 0 bridgehead atoms. The average Bonchev–Trinajstić information content (AvgIpc) is 2.83. The Kier molecular flexibility index (Phi) is 2.94. The fourth-order valence-electron chi connectivity index (χ4n) is 3.30.